The standard InChI is InChI=1S/C29H39N3O5S/c1-20-15-27(33)37-21(2)28(20)29(34)31-18-24-16-30(17-25(24)19-31)12-11-26(22-7-5-4-6-8-22)23-9-13-32(14-10-23)38(3,35)36/h4-8,15,23-26H,9-14,16-19H2,1-3H3/t24-,25+,26?. The van der Waals surface area contributed by atoms with Crippen molar-refractivity contribution in [3.8, 4) is 0 Å². The summed E-state index contributed by atoms with van der Waals surface area (Å²) >= 11 is 0. The first-order chi connectivity index (χ1) is 18.1. The van der Waals surface area contributed by atoms with E-state index in [9.17, 15) is 18.0 Å². The summed E-state index contributed by atoms with van der Waals surface area (Å²) in [4.78, 5) is 29.4. The number of nitrogens with zero attached hydrogens (tertiary/aromatic N) is 3. The maximum atomic E-state index is 13.3. The molecular weight excluding hydrogens is 502 g/mol. The molecule has 3 saturated heterocycles. The number of amides is 1. The highest BCUT2D eigenvalue weighted by molar-refractivity contribution is 7.88. The Balaban J connectivity index is 1.19. The molecule has 0 bridgehead atoms. The molecule has 3 atom stereocenters. The van der Waals surface area contributed by atoms with Crippen molar-refractivity contribution in [3.63, 3.8) is 0 Å². The first kappa shape index (κ1) is 27.1. The van der Waals surface area contributed by atoms with Gasteiger partial charge in [-0.1, -0.05) is 30.3 Å². The van der Waals surface area contributed by atoms with Crippen LogP contribution in [-0.2, 0) is 10.0 Å². The van der Waals surface area contributed by atoms with Crippen molar-refractivity contribution in [1.82, 2.24) is 14.1 Å². The van der Waals surface area contributed by atoms with Gasteiger partial charge in [0.25, 0.3) is 5.91 Å². The van der Waals surface area contributed by atoms with Crippen molar-refractivity contribution in [3.05, 3.63) is 69.3 Å². The van der Waals surface area contributed by atoms with Crippen molar-refractivity contribution in [2.45, 2.75) is 39.0 Å². The zero-order chi connectivity index (χ0) is 27.0. The van der Waals surface area contributed by atoms with Crippen molar-refractivity contribution in [1.29, 1.82) is 0 Å². The number of piperidine rings is 1. The Bertz CT molecular complexity index is 1280. The third kappa shape index (κ3) is 5.75. The zero-order valence-corrected chi connectivity index (χ0v) is 23.5. The summed E-state index contributed by atoms with van der Waals surface area (Å²) in [5, 5.41) is 0. The molecule has 0 spiro atoms. The summed E-state index contributed by atoms with van der Waals surface area (Å²) in [7, 11) is -3.13. The minimum absolute atomic E-state index is 0.0331. The number of rotatable bonds is 7. The van der Waals surface area contributed by atoms with Crippen LogP contribution in [0.5, 0.6) is 0 Å². The number of benzene rings is 1. The number of carbonyl (C=O) groups is 1. The van der Waals surface area contributed by atoms with Crippen LogP contribution in [0.4, 0.5) is 0 Å². The fraction of sp³-hybridized carbons (Fsp3) is 0.586. The topological polar surface area (TPSA) is 91.1 Å². The lowest BCUT2D eigenvalue weighted by Gasteiger charge is -2.36. The van der Waals surface area contributed by atoms with Crippen LogP contribution in [0, 0.1) is 31.6 Å². The SMILES string of the molecule is Cc1cc(=O)oc(C)c1C(=O)N1C[C@H]2CN(CCC(c3ccccc3)C3CCN(S(C)(=O)=O)CC3)C[C@H]2C1. The molecular formula is C29H39N3O5S. The third-order valence-corrected chi connectivity index (χ3v) is 10.2. The lowest BCUT2D eigenvalue weighted by molar-refractivity contribution is 0.0768. The fourth-order valence-electron chi connectivity index (χ4n) is 6.98. The Morgan fingerprint density at radius 2 is 1.66 bits per heavy atom. The van der Waals surface area contributed by atoms with Gasteiger partial charge in [0.05, 0.1) is 11.8 Å². The minimum Gasteiger partial charge on any atom is -0.427 e. The van der Waals surface area contributed by atoms with Crippen LogP contribution >= 0.6 is 0 Å². The summed E-state index contributed by atoms with van der Waals surface area (Å²) in [6.45, 7) is 9.17. The smallest absolute Gasteiger partial charge is 0.336 e. The Morgan fingerprint density at radius 1 is 1.03 bits per heavy atom. The second-order valence-corrected chi connectivity index (χ2v) is 13.5. The van der Waals surface area contributed by atoms with Gasteiger partial charge in [-0.05, 0) is 74.5 Å². The molecule has 4 heterocycles. The Morgan fingerprint density at radius 3 is 2.24 bits per heavy atom. The second kappa shape index (κ2) is 10.9. The van der Waals surface area contributed by atoms with Crippen molar-refractivity contribution < 1.29 is 17.6 Å². The predicted molar refractivity (Wildman–Crippen MR) is 147 cm³/mol. The summed E-state index contributed by atoms with van der Waals surface area (Å²) in [6.07, 6.45) is 4.15. The van der Waals surface area contributed by atoms with Gasteiger partial charge < -0.3 is 14.2 Å². The van der Waals surface area contributed by atoms with E-state index in [-0.39, 0.29) is 5.91 Å². The Kier molecular flexibility index (Phi) is 7.80. The van der Waals surface area contributed by atoms with Crippen molar-refractivity contribution >= 4 is 15.9 Å². The number of likely N-dealkylation sites (tertiary alicyclic amines) is 2. The summed E-state index contributed by atoms with van der Waals surface area (Å²) in [5.41, 5.74) is 2.13. The lowest BCUT2D eigenvalue weighted by atomic mass is 9.78. The molecule has 1 amide bonds. The van der Waals surface area contributed by atoms with Gasteiger partial charge in [-0.15, -0.1) is 0 Å². The average molecular weight is 542 g/mol. The molecule has 8 nitrogen and oxygen atoms in total. The van der Waals surface area contributed by atoms with Crippen molar-refractivity contribution in [2.24, 2.45) is 17.8 Å². The molecule has 3 fully saturated rings. The number of carbonyl (C=O) groups excluding carboxylic acids is 1. The largest absolute Gasteiger partial charge is 0.427 e. The lowest BCUT2D eigenvalue weighted by Crippen LogP contribution is -2.39. The van der Waals surface area contributed by atoms with Gasteiger partial charge in [0.1, 0.15) is 5.76 Å². The van der Waals surface area contributed by atoms with Crippen molar-refractivity contribution in [2.75, 3.05) is 52.1 Å². The molecule has 0 saturated carbocycles. The molecule has 3 aliphatic rings. The number of hydrogen-bond acceptors (Lipinski definition) is 6. The van der Waals surface area contributed by atoms with Gasteiger partial charge in [0.15, 0.2) is 0 Å². The molecule has 1 aromatic carbocycles. The molecule has 9 heteroatoms. The van der Waals surface area contributed by atoms with Crippen LogP contribution < -0.4 is 5.63 Å². The maximum absolute atomic E-state index is 13.3. The molecule has 5 rings (SSSR count). The van der Waals surface area contributed by atoms with E-state index >= 15 is 0 Å². The molecule has 38 heavy (non-hydrogen) atoms. The van der Waals surface area contributed by atoms with Gasteiger partial charge in [-0.3, -0.25) is 4.79 Å². The number of aryl methyl sites for hydroxylation is 2. The van der Waals surface area contributed by atoms with E-state index in [0.29, 0.717) is 53.6 Å². The number of sulfonamides is 1. The monoisotopic (exact) mass is 541 g/mol. The average Bonchev–Trinajstić information content (AvgIpc) is 3.43. The third-order valence-electron chi connectivity index (χ3n) is 8.92. The van der Waals surface area contributed by atoms with E-state index in [1.807, 2.05) is 11.0 Å². The normalized spacial score (nSPS) is 24.0. The zero-order valence-electron chi connectivity index (χ0n) is 22.6. The highest BCUT2D eigenvalue weighted by Gasteiger charge is 2.42. The quantitative estimate of drug-likeness (QED) is 0.535. The summed E-state index contributed by atoms with van der Waals surface area (Å²) in [6, 6.07) is 12.1. The molecule has 0 aliphatic carbocycles. The molecule has 206 valence electrons. The summed E-state index contributed by atoms with van der Waals surface area (Å²) in [5.74, 6) is 2.17. The molecule has 0 radical (unpaired) electrons. The molecule has 0 N–H and O–H groups in total. The summed E-state index contributed by atoms with van der Waals surface area (Å²) < 4.78 is 30.8. The van der Waals surface area contributed by atoms with Gasteiger partial charge in [0, 0.05) is 45.3 Å². The van der Waals surface area contributed by atoms with Gasteiger partial charge in [-0.2, -0.15) is 0 Å². The van der Waals surface area contributed by atoms with E-state index in [1.54, 1.807) is 18.2 Å². The van der Waals surface area contributed by atoms with E-state index in [2.05, 4.69) is 29.2 Å². The minimum atomic E-state index is -3.13. The highest BCUT2D eigenvalue weighted by Crippen LogP contribution is 2.38. The van der Waals surface area contributed by atoms with E-state index in [1.165, 1.54) is 17.9 Å². The molecule has 1 aromatic heterocycles. The van der Waals surface area contributed by atoms with Crippen LogP contribution in [0.3, 0.4) is 0 Å². The number of fused-ring (bicyclic) bond motifs is 1. The Hall–Kier alpha value is -2.49. The molecule has 1 unspecified atom stereocenters. The highest BCUT2D eigenvalue weighted by atomic mass is 32.2. The molecule has 2 aromatic rings. The van der Waals surface area contributed by atoms with Crippen LogP contribution in [0.2, 0.25) is 0 Å². The van der Waals surface area contributed by atoms with Gasteiger partial charge in [-0.25, -0.2) is 17.5 Å². The Labute approximate surface area is 225 Å². The first-order valence-corrected chi connectivity index (χ1v) is 15.6. The predicted octanol–water partition coefficient (Wildman–Crippen LogP) is 3.11. The fourth-order valence-corrected chi connectivity index (χ4v) is 7.85. The van der Waals surface area contributed by atoms with E-state index in [0.717, 1.165) is 52.0 Å². The number of hydrogen-bond donors (Lipinski definition) is 0. The maximum Gasteiger partial charge on any atom is 0.336 e. The van der Waals surface area contributed by atoms with E-state index < -0.39 is 15.6 Å². The van der Waals surface area contributed by atoms with Crippen LogP contribution in [0.25, 0.3) is 0 Å². The first-order valence-electron chi connectivity index (χ1n) is 13.7. The molecule has 3 aliphatic heterocycles. The van der Waals surface area contributed by atoms with Crippen LogP contribution in [-0.4, -0.2) is 80.5 Å². The van der Waals surface area contributed by atoms with E-state index in [4.69, 9.17) is 4.42 Å². The van der Waals surface area contributed by atoms with Crippen LogP contribution in [0.15, 0.2) is 45.6 Å². The second-order valence-electron chi connectivity index (χ2n) is 11.5. The van der Waals surface area contributed by atoms with Gasteiger partial charge in [0.2, 0.25) is 10.0 Å². The van der Waals surface area contributed by atoms with Crippen LogP contribution in [0.1, 0.15) is 52.4 Å². The van der Waals surface area contributed by atoms with Gasteiger partial charge >= 0.3 is 5.63 Å².